The van der Waals surface area contributed by atoms with E-state index in [9.17, 15) is 0 Å². The highest BCUT2D eigenvalue weighted by Gasteiger charge is 2.14. The third-order valence-corrected chi connectivity index (χ3v) is 2.62. The lowest BCUT2D eigenvalue weighted by Crippen LogP contribution is -2.30. The Labute approximate surface area is 70.1 Å². The minimum atomic E-state index is 0.976. The van der Waals surface area contributed by atoms with Gasteiger partial charge in [-0.25, -0.2) is 0 Å². The predicted octanol–water partition coefficient (Wildman–Crippen LogP) is 2.29. The Hall–Kier alpha value is -0.300. The Kier molecular flexibility index (Phi) is 3.64. The molecule has 11 heavy (non-hydrogen) atoms. The van der Waals surface area contributed by atoms with Crippen molar-refractivity contribution >= 4 is 0 Å². The van der Waals surface area contributed by atoms with Gasteiger partial charge in [0, 0.05) is 0 Å². The molecule has 0 aromatic heterocycles. The van der Waals surface area contributed by atoms with Crippen molar-refractivity contribution in [3.8, 4) is 0 Å². The highest BCUT2D eigenvalue weighted by Crippen LogP contribution is 2.20. The first-order valence-corrected chi connectivity index (χ1v) is 4.62. The van der Waals surface area contributed by atoms with Crippen LogP contribution in [0.25, 0.3) is 0 Å². The summed E-state index contributed by atoms with van der Waals surface area (Å²) >= 11 is 0. The maximum Gasteiger partial charge on any atom is -0.00191 e. The van der Waals surface area contributed by atoms with Crippen LogP contribution in [-0.4, -0.2) is 25.0 Å². The molecular weight excluding hydrogens is 134 g/mol. The standard InChI is InChI=1S/C10H19N/c1-3-4-5-10-6-8-11(2)9-7-10/h3,10H,1,4-9H2,2H3. The number of rotatable bonds is 3. The highest BCUT2D eigenvalue weighted by atomic mass is 15.1. The van der Waals surface area contributed by atoms with Crippen LogP contribution in [-0.2, 0) is 0 Å². The largest absolute Gasteiger partial charge is 0.306 e. The minimum absolute atomic E-state index is 0.976. The van der Waals surface area contributed by atoms with Crippen molar-refractivity contribution in [2.75, 3.05) is 20.1 Å². The van der Waals surface area contributed by atoms with Gasteiger partial charge in [0.05, 0.1) is 0 Å². The van der Waals surface area contributed by atoms with Gasteiger partial charge in [0.15, 0.2) is 0 Å². The molecule has 0 unspecified atom stereocenters. The molecule has 1 saturated heterocycles. The smallest absolute Gasteiger partial charge is 0.00191 e. The van der Waals surface area contributed by atoms with Gasteiger partial charge in [0.2, 0.25) is 0 Å². The van der Waals surface area contributed by atoms with Crippen LogP contribution in [0.4, 0.5) is 0 Å². The molecule has 0 spiro atoms. The summed E-state index contributed by atoms with van der Waals surface area (Å²) in [5.41, 5.74) is 0. The van der Waals surface area contributed by atoms with Gasteiger partial charge in [0.1, 0.15) is 0 Å². The molecule has 1 nitrogen and oxygen atoms in total. The second-order valence-corrected chi connectivity index (χ2v) is 3.61. The summed E-state index contributed by atoms with van der Waals surface area (Å²) in [4.78, 5) is 2.42. The van der Waals surface area contributed by atoms with Crippen molar-refractivity contribution in [3.05, 3.63) is 12.7 Å². The minimum Gasteiger partial charge on any atom is -0.306 e. The zero-order valence-electron chi connectivity index (χ0n) is 7.55. The van der Waals surface area contributed by atoms with Gasteiger partial charge >= 0.3 is 0 Å². The van der Waals surface area contributed by atoms with E-state index >= 15 is 0 Å². The quantitative estimate of drug-likeness (QED) is 0.562. The molecule has 64 valence electrons. The Morgan fingerprint density at radius 3 is 2.64 bits per heavy atom. The molecular formula is C10H19N. The van der Waals surface area contributed by atoms with E-state index in [4.69, 9.17) is 0 Å². The number of piperidine rings is 1. The molecule has 0 radical (unpaired) electrons. The van der Waals surface area contributed by atoms with Gasteiger partial charge in [-0.3, -0.25) is 0 Å². The van der Waals surface area contributed by atoms with Crippen LogP contribution in [0.15, 0.2) is 12.7 Å². The van der Waals surface area contributed by atoms with Gasteiger partial charge in [-0.05, 0) is 51.7 Å². The molecule has 1 fully saturated rings. The number of nitrogens with zero attached hydrogens (tertiary/aromatic N) is 1. The van der Waals surface area contributed by atoms with E-state index in [1.807, 2.05) is 6.08 Å². The molecule has 1 heterocycles. The van der Waals surface area contributed by atoms with Crippen molar-refractivity contribution in [2.45, 2.75) is 25.7 Å². The van der Waals surface area contributed by atoms with Crippen molar-refractivity contribution < 1.29 is 0 Å². The summed E-state index contributed by atoms with van der Waals surface area (Å²) in [6.07, 6.45) is 7.39. The van der Waals surface area contributed by atoms with Gasteiger partial charge in [-0.15, -0.1) is 6.58 Å². The average Bonchev–Trinajstić information content (AvgIpc) is 2.04. The molecule has 0 atom stereocenters. The molecule has 0 aromatic rings. The molecule has 0 N–H and O–H groups in total. The van der Waals surface area contributed by atoms with Crippen molar-refractivity contribution in [1.29, 1.82) is 0 Å². The van der Waals surface area contributed by atoms with Crippen LogP contribution in [0, 0.1) is 5.92 Å². The third-order valence-electron chi connectivity index (χ3n) is 2.62. The second-order valence-electron chi connectivity index (χ2n) is 3.61. The summed E-state index contributed by atoms with van der Waals surface area (Å²) in [5.74, 6) is 0.976. The maximum atomic E-state index is 3.75. The Morgan fingerprint density at radius 2 is 2.09 bits per heavy atom. The number of hydrogen-bond acceptors (Lipinski definition) is 1. The van der Waals surface area contributed by atoms with Crippen LogP contribution >= 0.6 is 0 Å². The SMILES string of the molecule is C=CCCC1CCN(C)CC1. The van der Waals surface area contributed by atoms with E-state index in [2.05, 4.69) is 18.5 Å². The first-order chi connectivity index (χ1) is 5.33. The summed E-state index contributed by atoms with van der Waals surface area (Å²) < 4.78 is 0. The normalized spacial score (nSPS) is 21.9. The first kappa shape index (κ1) is 8.79. The lowest BCUT2D eigenvalue weighted by atomic mass is 9.92. The Bertz CT molecular complexity index is 112. The number of allylic oxidation sites excluding steroid dienone is 1. The second kappa shape index (κ2) is 4.55. The average molecular weight is 153 g/mol. The number of hydrogen-bond donors (Lipinski definition) is 0. The topological polar surface area (TPSA) is 3.24 Å². The Balaban J connectivity index is 2.12. The van der Waals surface area contributed by atoms with Gasteiger partial charge in [-0.1, -0.05) is 6.08 Å². The Morgan fingerprint density at radius 1 is 1.45 bits per heavy atom. The molecule has 1 aliphatic heterocycles. The van der Waals surface area contributed by atoms with E-state index in [1.54, 1.807) is 0 Å². The molecule has 0 aliphatic carbocycles. The third kappa shape index (κ3) is 3.06. The predicted molar refractivity (Wildman–Crippen MR) is 49.7 cm³/mol. The maximum absolute atomic E-state index is 3.75. The summed E-state index contributed by atoms with van der Waals surface area (Å²) in [7, 11) is 2.21. The molecule has 1 rings (SSSR count). The van der Waals surface area contributed by atoms with E-state index in [-0.39, 0.29) is 0 Å². The molecule has 0 bridgehead atoms. The van der Waals surface area contributed by atoms with Crippen LogP contribution in [0.3, 0.4) is 0 Å². The lowest BCUT2D eigenvalue weighted by molar-refractivity contribution is 0.213. The first-order valence-electron chi connectivity index (χ1n) is 4.62. The highest BCUT2D eigenvalue weighted by molar-refractivity contribution is 4.74. The number of likely N-dealkylation sites (tertiary alicyclic amines) is 1. The monoisotopic (exact) mass is 153 g/mol. The van der Waals surface area contributed by atoms with E-state index in [1.165, 1.54) is 38.8 Å². The zero-order valence-corrected chi connectivity index (χ0v) is 7.55. The lowest BCUT2D eigenvalue weighted by Gasteiger charge is -2.28. The van der Waals surface area contributed by atoms with E-state index in [0.29, 0.717) is 0 Å². The van der Waals surface area contributed by atoms with Gasteiger partial charge < -0.3 is 4.90 Å². The fourth-order valence-electron chi connectivity index (χ4n) is 1.70. The van der Waals surface area contributed by atoms with E-state index < -0.39 is 0 Å². The van der Waals surface area contributed by atoms with E-state index in [0.717, 1.165) is 5.92 Å². The van der Waals surface area contributed by atoms with Crippen LogP contribution in [0.1, 0.15) is 25.7 Å². The van der Waals surface area contributed by atoms with Crippen molar-refractivity contribution in [1.82, 2.24) is 4.90 Å². The van der Waals surface area contributed by atoms with Gasteiger partial charge in [-0.2, -0.15) is 0 Å². The summed E-state index contributed by atoms with van der Waals surface area (Å²) in [6, 6.07) is 0. The summed E-state index contributed by atoms with van der Waals surface area (Å²) in [5, 5.41) is 0. The fraction of sp³-hybridized carbons (Fsp3) is 0.800. The van der Waals surface area contributed by atoms with Crippen molar-refractivity contribution in [2.24, 2.45) is 5.92 Å². The molecule has 0 aromatic carbocycles. The van der Waals surface area contributed by atoms with Crippen LogP contribution in [0.2, 0.25) is 0 Å². The fourth-order valence-corrected chi connectivity index (χ4v) is 1.70. The summed E-state index contributed by atoms with van der Waals surface area (Å²) in [6.45, 7) is 6.34. The van der Waals surface area contributed by atoms with Gasteiger partial charge in [0.25, 0.3) is 0 Å². The van der Waals surface area contributed by atoms with Crippen molar-refractivity contribution in [3.63, 3.8) is 0 Å². The van der Waals surface area contributed by atoms with Crippen LogP contribution < -0.4 is 0 Å². The van der Waals surface area contributed by atoms with Crippen LogP contribution in [0.5, 0.6) is 0 Å². The molecule has 1 aliphatic rings. The molecule has 1 heteroatoms. The zero-order chi connectivity index (χ0) is 8.10. The molecule has 0 amide bonds. The molecule has 0 saturated carbocycles.